The first-order valence-corrected chi connectivity index (χ1v) is 7.17. The van der Waals surface area contributed by atoms with Gasteiger partial charge in [-0.2, -0.15) is 0 Å². The minimum Gasteiger partial charge on any atom is -0.550 e. The number of unbranched alkanes of at least 4 members (excludes halogenated alkanes) is 1. The fourth-order valence-electron chi connectivity index (χ4n) is 1.91. The van der Waals surface area contributed by atoms with Crippen molar-refractivity contribution in [2.24, 2.45) is 5.92 Å². The van der Waals surface area contributed by atoms with Crippen molar-refractivity contribution in [3.63, 3.8) is 0 Å². The summed E-state index contributed by atoms with van der Waals surface area (Å²) in [5, 5.41) is 14.1. The standard InChI is InChI=1S/C15H20ClNO3/c1-2-3-6-11(15(19)20)9-10-14(18)17-13-8-5-4-7-12(13)16/h4-5,7-8,11H,2-3,6,9-10H2,1H3,(H,17,18)(H,19,20)/p-1/t11-/m0/s1. The van der Waals surface area contributed by atoms with Crippen LogP contribution in [0.3, 0.4) is 0 Å². The lowest BCUT2D eigenvalue weighted by Gasteiger charge is -2.17. The summed E-state index contributed by atoms with van der Waals surface area (Å²) in [6.07, 6.45) is 2.74. The van der Waals surface area contributed by atoms with Gasteiger partial charge in [-0.05, 0) is 30.9 Å². The summed E-state index contributed by atoms with van der Waals surface area (Å²) >= 11 is 5.93. The smallest absolute Gasteiger partial charge is 0.224 e. The summed E-state index contributed by atoms with van der Waals surface area (Å²) < 4.78 is 0. The van der Waals surface area contributed by atoms with Gasteiger partial charge in [-0.15, -0.1) is 0 Å². The lowest BCUT2D eigenvalue weighted by atomic mass is 9.97. The Morgan fingerprint density at radius 3 is 2.60 bits per heavy atom. The van der Waals surface area contributed by atoms with Crippen LogP contribution in [-0.2, 0) is 9.59 Å². The highest BCUT2D eigenvalue weighted by atomic mass is 35.5. The average molecular weight is 297 g/mol. The number of amides is 1. The Bertz CT molecular complexity index is 462. The SMILES string of the molecule is CCCC[C@@H](CCC(=O)Nc1ccccc1Cl)C(=O)[O-]. The van der Waals surface area contributed by atoms with Gasteiger partial charge in [0.1, 0.15) is 0 Å². The van der Waals surface area contributed by atoms with E-state index in [-0.39, 0.29) is 12.3 Å². The van der Waals surface area contributed by atoms with Crippen LogP contribution in [0.1, 0.15) is 39.0 Å². The van der Waals surface area contributed by atoms with E-state index in [1.807, 2.05) is 6.92 Å². The molecule has 0 aliphatic carbocycles. The fraction of sp³-hybridized carbons (Fsp3) is 0.467. The summed E-state index contributed by atoms with van der Waals surface area (Å²) in [5.74, 6) is -1.88. The van der Waals surface area contributed by atoms with Crippen molar-refractivity contribution in [2.75, 3.05) is 5.32 Å². The molecule has 110 valence electrons. The highest BCUT2D eigenvalue weighted by molar-refractivity contribution is 6.33. The van der Waals surface area contributed by atoms with Crippen molar-refractivity contribution in [1.29, 1.82) is 0 Å². The number of carboxylic acid groups (broad SMARTS) is 1. The normalized spacial score (nSPS) is 11.9. The zero-order valence-corrected chi connectivity index (χ0v) is 12.3. The van der Waals surface area contributed by atoms with E-state index in [1.165, 1.54) is 0 Å². The van der Waals surface area contributed by atoms with Gasteiger partial charge in [-0.3, -0.25) is 4.79 Å². The molecule has 0 saturated carbocycles. The monoisotopic (exact) mass is 296 g/mol. The van der Waals surface area contributed by atoms with Crippen LogP contribution >= 0.6 is 11.6 Å². The minimum atomic E-state index is -1.08. The third kappa shape index (κ3) is 5.61. The highest BCUT2D eigenvalue weighted by Gasteiger charge is 2.13. The number of hydrogen-bond donors (Lipinski definition) is 1. The molecule has 1 rings (SSSR count). The number of nitrogens with one attached hydrogen (secondary N) is 1. The summed E-state index contributed by atoms with van der Waals surface area (Å²) in [4.78, 5) is 22.7. The van der Waals surface area contributed by atoms with Gasteiger partial charge in [0.2, 0.25) is 5.91 Å². The number of carbonyl (C=O) groups excluding carboxylic acids is 2. The van der Waals surface area contributed by atoms with Gasteiger partial charge < -0.3 is 15.2 Å². The van der Waals surface area contributed by atoms with Gasteiger partial charge in [-0.1, -0.05) is 43.5 Å². The predicted octanol–water partition coefficient (Wildman–Crippen LogP) is 2.62. The third-order valence-corrected chi connectivity index (χ3v) is 3.44. The molecule has 0 radical (unpaired) electrons. The van der Waals surface area contributed by atoms with Gasteiger partial charge in [-0.25, -0.2) is 0 Å². The molecule has 4 nitrogen and oxygen atoms in total. The fourth-order valence-corrected chi connectivity index (χ4v) is 2.09. The number of aliphatic carboxylic acids is 1. The molecule has 1 aromatic carbocycles. The number of anilines is 1. The summed E-state index contributed by atoms with van der Waals surface area (Å²) in [6.45, 7) is 2.00. The van der Waals surface area contributed by atoms with Gasteiger partial charge in [0.05, 0.1) is 10.7 Å². The Kier molecular flexibility index (Phi) is 7.09. The van der Waals surface area contributed by atoms with Crippen LogP contribution in [0.15, 0.2) is 24.3 Å². The van der Waals surface area contributed by atoms with E-state index in [4.69, 9.17) is 11.6 Å². The Balaban J connectivity index is 2.45. The second-order valence-electron chi connectivity index (χ2n) is 4.72. The number of halogens is 1. The molecule has 0 bridgehead atoms. The maximum atomic E-state index is 11.8. The Labute approximate surface area is 124 Å². The molecular formula is C15H19ClNO3-. The van der Waals surface area contributed by atoms with Crippen molar-refractivity contribution < 1.29 is 14.7 Å². The van der Waals surface area contributed by atoms with Crippen LogP contribution in [0.5, 0.6) is 0 Å². The zero-order valence-electron chi connectivity index (χ0n) is 11.5. The largest absolute Gasteiger partial charge is 0.550 e. The first-order chi connectivity index (χ1) is 9.54. The van der Waals surface area contributed by atoms with E-state index in [2.05, 4.69) is 5.32 Å². The minimum absolute atomic E-state index is 0.146. The Morgan fingerprint density at radius 2 is 2.00 bits per heavy atom. The van der Waals surface area contributed by atoms with E-state index < -0.39 is 11.9 Å². The van der Waals surface area contributed by atoms with Gasteiger partial charge >= 0.3 is 0 Å². The molecule has 1 aromatic rings. The summed E-state index contributed by atoms with van der Waals surface area (Å²) in [7, 11) is 0. The van der Waals surface area contributed by atoms with Crippen molar-refractivity contribution in [3.05, 3.63) is 29.3 Å². The molecule has 1 amide bonds. The second kappa shape index (κ2) is 8.59. The predicted molar refractivity (Wildman–Crippen MR) is 77.3 cm³/mol. The second-order valence-corrected chi connectivity index (χ2v) is 5.13. The number of hydrogen-bond acceptors (Lipinski definition) is 3. The van der Waals surface area contributed by atoms with Crippen LogP contribution in [0.2, 0.25) is 5.02 Å². The van der Waals surface area contributed by atoms with Crippen molar-refractivity contribution >= 4 is 29.2 Å². The number of benzene rings is 1. The molecule has 0 heterocycles. The maximum absolute atomic E-state index is 11.8. The average Bonchev–Trinajstić information content (AvgIpc) is 2.41. The van der Waals surface area contributed by atoms with Crippen LogP contribution in [0.4, 0.5) is 5.69 Å². The van der Waals surface area contributed by atoms with Crippen LogP contribution in [-0.4, -0.2) is 11.9 Å². The zero-order chi connectivity index (χ0) is 15.0. The Morgan fingerprint density at radius 1 is 1.30 bits per heavy atom. The molecule has 5 heteroatoms. The van der Waals surface area contributed by atoms with Gasteiger partial charge in [0, 0.05) is 12.4 Å². The Hall–Kier alpha value is -1.55. The van der Waals surface area contributed by atoms with E-state index in [0.29, 0.717) is 23.6 Å². The molecule has 0 aliphatic heterocycles. The van der Waals surface area contributed by atoms with Crippen LogP contribution in [0.25, 0.3) is 0 Å². The first kappa shape index (κ1) is 16.5. The molecule has 0 fully saturated rings. The molecule has 0 spiro atoms. The van der Waals surface area contributed by atoms with Crippen molar-refractivity contribution in [2.45, 2.75) is 39.0 Å². The molecule has 0 aliphatic rings. The van der Waals surface area contributed by atoms with Crippen LogP contribution < -0.4 is 10.4 Å². The first-order valence-electron chi connectivity index (χ1n) is 6.79. The van der Waals surface area contributed by atoms with E-state index in [9.17, 15) is 14.7 Å². The number of rotatable bonds is 8. The van der Waals surface area contributed by atoms with Gasteiger partial charge in [0.15, 0.2) is 0 Å². The lowest BCUT2D eigenvalue weighted by molar-refractivity contribution is -0.312. The van der Waals surface area contributed by atoms with Crippen LogP contribution in [0, 0.1) is 5.92 Å². The number of para-hydroxylation sites is 1. The van der Waals surface area contributed by atoms with Gasteiger partial charge in [0.25, 0.3) is 0 Å². The van der Waals surface area contributed by atoms with E-state index in [0.717, 1.165) is 12.8 Å². The maximum Gasteiger partial charge on any atom is 0.224 e. The van der Waals surface area contributed by atoms with Crippen molar-refractivity contribution in [3.8, 4) is 0 Å². The summed E-state index contributed by atoms with van der Waals surface area (Å²) in [6, 6.07) is 6.93. The molecular weight excluding hydrogens is 278 g/mol. The summed E-state index contributed by atoms with van der Waals surface area (Å²) in [5.41, 5.74) is 0.540. The molecule has 0 unspecified atom stereocenters. The third-order valence-electron chi connectivity index (χ3n) is 3.11. The van der Waals surface area contributed by atoms with E-state index in [1.54, 1.807) is 24.3 Å². The highest BCUT2D eigenvalue weighted by Crippen LogP contribution is 2.21. The molecule has 20 heavy (non-hydrogen) atoms. The quantitative estimate of drug-likeness (QED) is 0.801. The molecule has 0 saturated heterocycles. The lowest BCUT2D eigenvalue weighted by Crippen LogP contribution is -2.32. The molecule has 1 atom stereocenters. The topological polar surface area (TPSA) is 69.2 Å². The number of carbonyl (C=O) groups is 2. The molecule has 1 N–H and O–H groups in total. The number of carboxylic acids is 1. The van der Waals surface area contributed by atoms with E-state index >= 15 is 0 Å². The van der Waals surface area contributed by atoms with Crippen molar-refractivity contribution in [1.82, 2.24) is 0 Å². The molecule has 0 aromatic heterocycles.